The number of carboxylic acid groups (broad SMARTS) is 1. The van der Waals surface area contributed by atoms with Crippen molar-refractivity contribution in [1.82, 2.24) is 0 Å². The number of nitrogens with zero attached hydrogens (tertiary/aromatic N) is 1. The van der Waals surface area contributed by atoms with Crippen molar-refractivity contribution in [2.45, 2.75) is 13.3 Å². The van der Waals surface area contributed by atoms with Gasteiger partial charge in [0.05, 0.1) is 22.6 Å². The molecule has 112 valence electrons. The first-order chi connectivity index (χ1) is 10.4. The third-order valence-corrected chi connectivity index (χ3v) is 5.46. The van der Waals surface area contributed by atoms with E-state index in [1.54, 1.807) is 12.1 Å². The van der Waals surface area contributed by atoms with Crippen LogP contribution in [0.3, 0.4) is 0 Å². The summed E-state index contributed by atoms with van der Waals surface area (Å²) < 4.78 is 0. The van der Waals surface area contributed by atoms with Crippen LogP contribution in [0.25, 0.3) is 0 Å². The van der Waals surface area contributed by atoms with Gasteiger partial charge in [-0.25, -0.2) is 9.69 Å². The molecule has 22 heavy (non-hydrogen) atoms. The lowest BCUT2D eigenvalue weighted by molar-refractivity contribution is -0.127. The second-order valence-corrected chi connectivity index (χ2v) is 6.49. The maximum absolute atomic E-state index is 12.9. The summed E-state index contributed by atoms with van der Waals surface area (Å²) in [5.74, 6) is -1.57. The molecule has 0 spiro atoms. The van der Waals surface area contributed by atoms with E-state index in [1.807, 2.05) is 19.1 Å². The molecule has 5 nitrogen and oxygen atoms in total. The zero-order valence-electron chi connectivity index (χ0n) is 12.0. The van der Waals surface area contributed by atoms with Crippen LogP contribution >= 0.6 is 0 Å². The standard InChI is InChI=1S/C17H15NO4/c1-17-11-6-5-9(7-11)13(17)14(19)18(16(17)22)12-4-2-3-10(8-12)15(20)21/h2-6,8-9,11,13H,7H2,1H3,(H,20,21)/t9-,11+,13+,17-/m1/s1. The average molecular weight is 297 g/mol. The summed E-state index contributed by atoms with van der Waals surface area (Å²) >= 11 is 0. The largest absolute Gasteiger partial charge is 0.478 e. The normalized spacial score (nSPS) is 35.3. The Labute approximate surface area is 127 Å². The van der Waals surface area contributed by atoms with Gasteiger partial charge in [-0.05, 0) is 43.4 Å². The van der Waals surface area contributed by atoms with E-state index < -0.39 is 11.4 Å². The van der Waals surface area contributed by atoms with Gasteiger partial charge >= 0.3 is 5.97 Å². The molecule has 1 aromatic carbocycles. The molecule has 0 unspecified atom stereocenters. The number of aromatic carboxylic acids is 1. The van der Waals surface area contributed by atoms with Gasteiger partial charge < -0.3 is 5.11 Å². The van der Waals surface area contributed by atoms with Gasteiger partial charge in [0.1, 0.15) is 0 Å². The Bertz CT molecular complexity index is 753. The molecule has 1 N–H and O–H groups in total. The van der Waals surface area contributed by atoms with E-state index >= 15 is 0 Å². The van der Waals surface area contributed by atoms with Crippen LogP contribution in [0.2, 0.25) is 0 Å². The summed E-state index contributed by atoms with van der Waals surface area (Å²) in [6.45, 7) is 1.87. The van der Waals surface area contributed by atoms with Crippen molar-refractivity contribution in [2.75, 3.05) is 4.90 Å². The summed E-state index contributed by atoms with van der Waals surface area (Å²) in [5, 5.41) is 9.09. The monoisotopic (exact) mass is 297 g/mol. The van der Waals surface area contributed by atoms with E-state index in [0.29, 0.717) is 5.69 Å². The van der Waals surface area contributed by atoms with E-state index in [1.165, 1.54) is 17.0 Å². The number of amides is 2. The number of imide groups is 1. The average Bonchev–Trinajstić information content (AvgIpc) is 3.12. The molecule has 0 aromatic heterocycles. The number of hydrogen-bond donors (Lipinski definition) is 1. The smallest absolute Gasteiger partial charge is 0.335 e. The predicted molar refractivity (Wildman–Crippen MR) is 78.2 cm³/mol. The first-order valence-electron chi connectivity index (χ1n) is 7.34. The van der Waals surface area contributed by atoms with Gasteiger partial charge in [-0.15, -0.1) is 0 Å². The summed E-state index contributed by atoms with van der Waals surface area (Å²) in [5.41, 5.74) is -0.262. The maximum atomic E-state index is 12.9. The minimum Gasteiger partial charge on any atom is -0.478 e. The van der Waals surface area contributed by atoms with Gasteiger partial charge in [-0.2, -0.15) is 0 Å². The molecule has 1 aliphatic heterocycles. The second-order valence-electron chi connectivity index (χ2n) is 6.49. The Hall–Kier alpha value is -2.43. The Morgan fingerprint density at radius 1 is 1.32 bits per heavy atom. The summed E-state index contributed by atoms with van der Waals surface area (Å²) in [7, 11) is 0. The molecule has 1 saturated carbocycles. The molecule has 1 aromatic rings. The molecule has 3 aliphatic rings. The minimum absolute atomic E-state index is 0.0707. The van der Waals surface area contributed by atoms with Crippen LogP contribution in [0.1, 0.15) is 23.7 Å². The number of hydrogen-bond acceptors (Lipinski definition) is 3. The van der Waals surface area contributed by atoms with Crippen LogP contribution < -0.4 is 4.90 Å². The molecule has 5 heteroatoms. The van der Waals surface area contributed by atoms with Crippen LogP contribution in [-0.4, -0.2) is 22.9 Å². The topological polar surface area (TPSA) is 74.7 Å². The van der Waals surface area contributed by atoms with Crippen molar-refractivity contribution in [1.29, 1.82) is 0 Å². The Kier molecular flexibility index (Phi) is 2.45. The maximum Gasteiger partial charge on any atom is 0.335 e. The van der Waals surface area contributed by atoms with Crippen LogP contribution in [0.15, 0.2) is 36.4 Å². The number of anilines is 1. The fourth-order valence-electron chi connectivity index (χ4n) is 4.33. The highest BCUT2D eigenvalue weighted by atomic mass is 16.4. The van der Waals surface area contributed by atoms with Crippen LogP contribution in [0.4, 0.5) is 5.69 Å². The predicted octanol–water partition coefficient (Wildman–Crippen LogP) is 2.09. The second kappa shape index (κ2) is 4.06. The van der Waals surface area contributed by atoms with Crippen molar-refractivity contribution < 1.29 is 19.5 Å². The molecule has 4 atom stereocenters. The molecular formula is C17H15NO4. The van der Waals surface area contributed by atoms with Crippen molar-refractivity contribution in [3.63, 3.8) is 0 Å². The van der Waals surface area contributed by atoms with Crippen LogP contribution in [0, 0.1) is 23.2 Å². The molecule has 1 heterocycles. The number of benzene rings is 1. The van der Waals surface area contributed by atoms with E-state index in [0.717, 1.165) is 6.42 Å². The van der Waals surface area contributed by atoms with Crippen molar-refractivity contribution >= 4 is 23.5 Å². The first kappa shape index (κ1) is 13.2. The fourth-order valence-corrected chi connectivity index (χ4v) is 4.33. The van der Waals surface area contributed by atoms with Gasteiger partial charge in [0.2, 0.25) is 11.8 Å². The Morgan fingerprint density at radius 2 is 2.09 bits per heavy atom. The molecule has 0 radical (unpaired) electrons. The molecule has 1 saturated heterocycles. The molecule has 2 fully saturated rings. The molecule has 4 rings (SSSR count). The van der Waals surface area contributed by atoms with Gasteiger partial charge in [0.15, 0.2) is 0 Å². The highest BCUT2D eigenvalue weighted by molar-refractivity contribution is 6.24. The van der Waals surface area contributed by atoms with Gasteiger partial charge in [0, 0.05) is 0 Å². The minimum atomic E-state index is -1.07. The number of rotatable bonds is 2. The zero-order valence-corrected chi connectivity index (χ0v) is 12.0. The summed E-state index contributed by atoms with van der Waals surface area (Å²) in [4.78, 5) is 38.0. The van der Waals surface area contributed by atoms with Gasteiger partial charge in [0.25, 0.3) is 0 Å². The number of allylic oxidation sites excluding steroid dienone is 2. The zero-order chi connectivity index (χ0) is 15.6. The molecular weight excluding hydrogens is 282 g/mol. The Balaban J connectivity index is 1.79. The number of carboxylic acids is 1. The first-order valence-corrected chi connectivity index (χ1v) is 7.34. The van der Waals surface area contributed by atoms with Gasteiger partial charge in [-0.1, -0.05) is 18.2 Å². The van der Waals surface area contributed by atoms with Gasteiger partial charge in [-0.3, -0.25) is 9.59 Å². The molecule has 2 amide bonds. The van der Waals surface area contributed by atoms with Crippen molar-refractivity contribution in [2.24, 2.45) is 23.2 Å². The number of fused-ring (bicyclic) bond motifs is 5. The van der Waals surface area contributed by atoms with Crippen molar-refractivity contribution in [3.05, 3.63) is 42.0 Å². The Morgan fingerprint density at radius 3 is 2.77 bits per heavy atom. The van der Waals surface area contributed by atoms with E-state index in [9.17, 15) is 14.4 Å². The quantitative estimate of drug-likeness (QED) is 0.670. The lowest BCUT2D eigenvalue weighted by Gasteiger charge is -2.28. The van der Waals surface area contributed by atoms with E-state index in [4.69, 9.17) is 5.11 Å². The SMILES string of the molecule is C[C@]12C(=O)N(c3cccc(C(=O)O)c3)C(=O)[C@@H]1[C@@H]1C=C[C@H]2C1. The number of carbonyl (C=O) groups excluding carboxylic acids is 2. The fraction of sp³-hybridized carbons (Fsp3) is 0.353. The molecule has 2 bridgehead atoms. The highest BCUT2D eigenvalue weighted by Gasteiger charge is 2.67. The third kappa shape index (κ3) is 1.41. The highest BCUT2D eigenvalue weighted by Crippen LogP contribution is 2.60. The summed E-state index contributed by atoms with van der Waals surface area (Å²) in [6.07, 6.45) is 4.95. The summed E-state index contributed by atoms with van der Waals surface area (Å²) in [6, 6.07) is 6.01. The lowest BCUT2D eigenvalue weighted by Crippen LogP contribution is -2.37. The van der Waals surface area contributed by atoms with Crippen LogP contribution in [-0.2, 0) is 9.59 Å². The number of carbonyl (C=O) groups is 3. The lowest BCUT2D eigenvalue weighted by atomic mass is 9.71. The van der Waals surface area contributed by atoms with E-state index in [-0.39, 0.29) is 35.1 Å². The third-order valence-electron chi connectivity index (χ3n) is 5.46. The van der Waals surface area contributed by atoms with E-state index in [2.05, 4.69) is 0 Å². The van der Waals surface area contributed by atoms with Crippen LogP contribution in [0.5, 0.6) is 0 Å². The van der Waals surface area contributed by atoms with Crippen molar-refractivity contribution in [3.8, 4) is 0 Å². The molecule has 2 aliphatic carbocycles.